The van der Waals surface area contributed by atoms with E-state index in [0.717, 1.165) is 96.9 Å². The van der Waals surface area contributed by atoms with Gasteiger partial charge in [-0.15, -0.1) is 20.4 Å². The predicted octanol–water partition coefficient (Wildman–Crippen LogP) is 1.56. The van der Waals surface area contributed by atoms with Crippen LogP contribution in [0.3, 0.4) is 0 Å². The number of aryl methyl sites for hydroxylation is 2. The monoisotopic (exact) mass is 1120 g/mol. The fourth-order valence-electron chi connectivity index (χ4n) is 9.81. The van der Waals surface area contributed by atoms with Crippen LogP contribution in [-0.4, -0.2) is 108 Å². The average Bonchev–Trinajstić information content (AvgIpc) is 4.18. The van der Waals surface area contributed by atoms with Crippen molar-refractivity contribution in [2.24, 2.45) is 23.7 Å². The molecule has 0 bridgehead atoms. The fourth-order valence-corrected chi connectivity index (χ4v) is 10.2. The molecule has 398 valence electrons. The zero-order chi connectivity index (χ0) is 53.1. The van der Waals surface area contributed by atoms with E-state index >= 15 is 0 Å². The third kappa shape index (κ3) is 17.9. The van der Waals surface area contributed by atoms with Crippen molar-refractivity contribution < 1.29 is 148 Å². The molecule has 4 aliphatic rings. The third-order valence-electron chi connectivity index (χ3n) is 14.4. The van der Waals surface area contributed by atoms with E-state index in [0.29, 0.717) is 66.4 Å². The molecular weight excluding hydrogens is 1050 g/mol. The van der Waals surface area contributed by atoms with Crippen molar-refractivity contribution in [3.05, 3.63) is 92.0 Å². The second-order valence-electron chi connectivity index (χ2n) is 20.7. The number of carbonyl (C=O) groups excluding carboxylic acids is 6. The van der Waals surface area contributed by atoms with Crippen LogP contribution in [0.25, 0.3) is 0 Å². The van der Waals surface area contributed by atoms with Crippen LogP contribution < -0.4 is 108 Å². The van der Waals surface area contributed by atoms with E-state index in [2.05, 4.69) is 62.1 Å². The molecule has 2 saturated heterocycles. The first-order valence-corrected chi connectivity index (χ1v) is 26.4. The summed E-state index contributed by atoms with van der Waals surface area (Å²) in [5.41, 5.74) is 3.67. The second kappa shape index (κ2) is 30.9. The molecule has 21 heteroatoms. The molecule has 4 aromatic rings. The molecule has 2 aliphatic carbocycles. The number of ether oxygens (including phenoxy) is 1. The molecule has 4 atom stereocenters. The van der Waals surface area contributed by atoms with Crippen LogP contribution >= 0.6 is 23.2 Å². The van der Waals surface area contributed by atoms with Gasteiger partial charge in [-0.2, -0.15) is 0 Å². The molecule has 0 spiro atoms. The van der Waals surface area contributed by atoms with Crippen LogP contribution in [-0.2, 0) is 64.1 Å². The van der Waals surface area contributed by atoms with Gasteiger partial charge in [0.2, 0.25) is 5.91 Å². The van der Waals surface area contributed by atoms with Crippen LogP contribution in [0, 0.1) is 37.5 Å². The van der Waals surface area contributed by atoms with E-state index in [1.165, 1.54) is 6.92 Å². The first kappa shape index (κ1) is 65.3. The van der Waals surface area contributed by atoms with Gasteiger partial charge in [0, 0.05) is 111 Å². The first-order valence-electron chi connectivity index (χ1n) is 25.7. The quantitative estimate of drug-likeness (QED) is 0.0405. The number of likely N-dealkylation sites (tertiary alicyclic amines) is 2. The number of hydrogen-bond acceptors (Lipinski definition) is 13. The number of amides is 2. The number of esters is 1. The maximum absolute atomic E-state index is 13.7. The fraction of sp³-hybridized carbons (Fsp3) is 0.593. The Morgan fingerprint density at radius 1 is 0.693 bits per heavy atom. The van der Waals surface area contributed by atoms with Gasteiger partial charge in [-0.25, -0.2) is 0 Å². The Hall–Kier alpha value is -2.25. The van der Waals surface area contributed by atoms with Crippen molar-refractivity contribution in [2.45, 2.75) is 150 Å². The van der Waals surface area contributed by atoms with Crippen molar-refractivity contribution in [3.8, 4) is 0 Å². The van der Waals surface area contributed by atoms with Crippen LogP contribution in [0.1, 0.15) is 157 Å². The Balaban J connectivity index is 0.000000362. The summed E-state index contributed by atoms with van der Waals surface area (Å²) in [5.74, 6) is 3.19. The molecule has 17 nitrogen and oxygen atoms in total. The number of hydrogen-bond donors (Lipinski definition) is 0. The number of benzene rings is 2. The number of Topliss-reactive ketones (excluding diaryl/α,β-unsaturated/α-hetero) is 2. The zero-order valence-corrected chi connectivity index (χ0v) is 53.2. The molecule has 2 aliphatic heterocycles. The topological polar surface area (TPSA) is 212 Å². The Bertz CT molecular complexity index is 2610. The number of carbonyl (C=O) groups is 6. The predicted molar refractivity (Wildman–Crippen MR) is 274 cm³/mol. The Kier molecular flexibility index (Phi) is 26.9. The van der Waals surface area contributed by atoms with E-state index in [4.69, 9.17) is 38.0 Å². The summed E-state index contributed by atoms with van der Waals surface area (Å²) in [6.45, 7) is 16.9. The van der Waals surface area contributed by atoms with Gasteiger partial charge in [0.05, 0.1) is 0 Å². The molecule has 4 heterocycles. The van der Waals surface area contributed by atoms with Crippen molar-refractivity contribution in [1.29, 1.82) is 0 Å². The molecule has 8 rings (SSSR count). The van der Waals surface area contributed by atoms with Gasteiger partial charge < -0.3 is 35.2 Å². The van der Waals surface area contributed by atoms with Gasteiger partial charge in [0.1, 0.15) is 34.9 Å². The minimum absolute atomic E-state index is 0. The molecule has 2 aromatic heterocycles. The Morgan fingerprint density at radius 2 is 1.09 bits per heavy atom. The van der Waals surface area contributed by atoms with Crippen molar-refractivity contribution >= 4 is 59.0 Å². The van der Waals surface area contributed by atoms with Gasteiger partial charge in [-0.3, -0.25) is 28.8 Å². The molecular formula is C54H72Cl2K2N8O9. The molecule has 75 heavy (non-hydrogen) atoms. The molecule has 2 aromatic carbocycles. The molecule has 0 radical (unpaired) electrons. The maximum atomic E-state index is 13.7. The zero-order valence-electron chi connectivity index (χ0n) is 46.5. The summed E-state index contributed by atoms with van der Waals surface area (Å²) < 4.78 is 9.48. The summed E-state index contributed by atoms with van der Waals surface area (Å²) in [6.07, 6.45) is 9.20. The van der Waals surface area contributed by atoms with Crippen LogP contribution in [0.2, 0.25) is 10.0 Å². The van der Waals surface area contributed by atoms with Gasteiger partial charge in [0.25, 0.3) is 12.4 Å². The normalized spacial score (nSPS) is 18.8. The van der Waals surface area contributed by atoms with Gasteiger partial charge in [-0.05, 0) is 98.6 Å². The Labute approximate surface area is 537 Å². The summed E-state index contributed by atoms with van der Waals surface area (Å²) in [6, 6.07) is 12.1. The van der Waals surface area contributed by atoms with E-state index in [1.807, 2.05) is 62.1 Å². The smallest absolute Gasteiger partial charge is 1.00 e. The third-order valence-corrected chi connectivity index (χ3v) is 15.2. The van der Waals surface area contributed by atoms with Crippen molar-refractivity contribution in [2.75, 3.05) is 32.8 Å². The number of ketones is 2. The van der Waals surface area contributed by atoms with E-state index in [9.17, 15) is 24.0 Å². The van der Waals surface area contributed by atoms with E-state index in [-0.39, 0.29) is 171 Å². The molecule has 2 amide bonds. The van der Waals surface area contributed by atoms with Gasteiger partial charge >= 0.3 is 109 Å². The number of rotatable bonds is 20. The largest absolute Gasteiger partial charge is 1.00 e. The summed E-state index contributed by atoms with van der Waals surface area (Å²) in [7, 11) is 0. The van der Waals surface area contributed by atoms with Gasteiger partial charge in [-0.1, -0.05) is 82.1 Å². The number of nitrogens with zero attached hydrogens (tertiary/aromatic N) is 8. The molecule has 0 N–H and O–H groups in total. The molecule has 0 unspecified atom stereocenters. The number of aromatic nitrogens is 6. The summed E-state index contributed by atoms with van der Waals surface area (Å²) in [5, 5.41) is 28.1. The van der Waals surface area contributed by atoms with E-state index < -0.39 is 11.9 Å². The standard InChI is InChI=1S/C27H35ClN4O4.C26H35ClN4O2.CH2O3.2K.H/c1-16(2)8-11-25-29-30-27(32(25)20-9-10-20)22-14-31(26(35)15-36-18(4)33)13-21(22)24(34)12-19-6-5-7-23(28)17(19)3;1-5-25(33)30-14-20(23(32)13-18-7-6-8-22(27)17(18)4)21(15-30)26-29-28-24(12-9-16(2)3)31(26)19-10-11-19;2-1-4-3;;;/h5-7,16,20-22H,8-15H2,1-4H3;6-8,16,19-21H,5,9-15H2,1-4H3;1,3H;;;/q;;;2*+1;-1/p-1/t21-,22-;20-,21-;;;;/m00..../s1. The second-order valence-corrected chi connectivity index (χ2v) is 21.5. The summed E-state index contributed by atoms with van der Waals surface area (Å²) >= 11 is 12.6. The van der Waals surface area contributed by atoms with Crippen molar-refractivity contribution in [1.82, 2.24) is 39.3 Å². The minimum Gasteiger partial charge on any atom is -1.00 e. The van der Waals surface area contributed by atoms with Crippen LogP contribution in [0.15, 0.2) is 36.4 Å². The van der Waals surface area contributed by atoms with Crippen LogP contribution in [0.4, 0.5) is 0 Å². The summed E-state index contributed by atoms with van der Waals surface area (Å²) in [4.78, 5) is 78.7. The van der Waals surface area contributed by atoms with Crippen molar-refractivity contribution in [3.63, 3.8) is 0 Å². The maximum Gasteiger partial charge on any atom is 1.00 e. The molecule has 2 saturated carbocycles. The SMILES string of the molecule is CC(=O)OCC(=O)N1C[C@H](C(=O)Cc2cccc(Cl)c2C)[C@@H](c2nnc(CCC(C)C)n2C2CC2)C1.CCC(=O)N1C[C@H](C(=O)Cc2cccc(Cl)c2C)[C@@H](c2nnc(CCC(C)C)n2C2CC2)C1.O=CO[O-].[H-].[K+].[K+]. The average molecular weight is 1130 g/mol. The molecule has 4 fully saturated rings. The first-order chi connectivity index (χ1) is 34.9. The van der Waals surface area contributed by atoms with Crippen LogP contribution in [0.5, 0.6) is 0 Å². The Morgan fingerprint density at radius 3 is 1.44 bits per heavy atom. The van der Waals surface area contributed by atoms with Gasteiger partial charge in [0.15, 0.2) is 6.61 Å². The van der Waals surface area contributed by atoms with E-state index in [1.54, 1.807) is 4.90 Å². The number of halogens is 2. The minimum atomic E-state index is -0.508.